The van der Waals surface area contributed by atoms with Gasteiger partial charge in [-0.3, -0.25) is 9.20 Å². The Hall–Kier alpha value is -3.82. The molecule has 5 rings (SSSR count). The Morgan fingerprint density at radius 3 is 2.97 bits per heavy atom. The second-order valence-corrected chi connectivity index (χ2v) is 9.59. The van der Waals surface area contributed by atoms with Crippen molar-refractivity contribution in [2.24, 2.45) is 10.9 Å². The van der Waals surface area contributed by atoms with Crippen molar-refractivity contribution in [3.63, 3.8) is 0 Å². The Bertz CT molecular complexity index is 1430. The van der Waals surface area contributed by atoms with Crippen molar-refractivity contribution < 1.29 is 13.9 Å². The van der Waals surface area contributed by atoms with Gasteiger partial charge in [0.2, 0.25) is 0 Å². The quantitative estimate of drug-likeness (QED) is 0.450. The summed E-state index contributed by atoms with van der Waals surface area (Å²) >= 11 is 0. The van der Waals surface area contributed by atoms with Gasteiger partial charge in [0.05, 0.1) is 35.5 Å². The minimum atomic E-state index is -0.345. The molecule has 8 nitrogen and oxygen atoms in total. The van der Waals surface area contributed by atoms with Gasteiger partial charge in [-0.15, -0.1) is 0 Å². The molecule has 0 bridgehead atoms. The summed E-state index contributed by atoms with van der Waals surface area (Å²) in [6.07, 6.45) is 6.18. The number of fused-ring (bicyclic) bond motifs is 2. The van der Waals surface area contributed by atoms with Crippen LogP contribution in [-0.4, -0.2) is 59.8 Å². The monoisotopic (exact) mass is 502 g/mol. The van der Waals surface area contributed by atoms with E-state index in [4.69, 9.17) is 9.73 Å². The average Bonchev–Trinajstić information content (AvgIpc) is 3.63. The molecule has 0 spiro atoms. The number of aliphatic imine (C=N–C) groups is 1. The van der Waals surface area contributed by atoms with E-state index in [-0.39, 0.29) is 17.6 Å². The van der Waals surface area contributed by atoms with Crippen LogP contribution in [-0.2, 0) is 11.3 Å². The van der Waals surface area contributed by atoms with Crippen molar-refractivity contribution in [1.82, 2.24) is 19.6 Å². The Labute approximate surface area is 215 Å². The Balaban J connectivity index is 1.50. The van der Waals surface area contributed by atoms with Crippen LogP contribution in [0, 0.1) is 11.7 Å². The van der Waals surface area contributed by atoms with Crippen LogP contribution < -0.4 is 10.6 Å². The molecule has 2 aliphatic rings. The molecular weight excluding hydrogens is 471 g/mol. The van der Waals surface area contributed by atoms with Crippen LogP contribution in [0.4, 0.5) is 10.1 Å². The summed E-state index contributed by atoms with van der Waals surface area (Å²) in [5, 5.41) is 6.32. The highest BCUT2D eigenvalue weighted by molar-refractivity contribution is 6.06. The van der Waals surface area contributed by atoms with Gasteiger partial charge in [-0.2, -0.15) is 0 Å². The van der Waals surface area contributed by atoms with Crippen LogP contribution in [0.25, 0.3) is 16.9 Å². The Morgan fingerprint density at radius 1 is 1.41 bits per heavy atom. The number of nitrogens with one attached hydrogen (secondary N) is 2. The highest BCUT2D eigenvalue weighted by Crippen LogP contribution is 2.35. The minimum Gasteiger partial charge on any atom is -0.381 e. The zero-order valence-electron chi connectivity index (χ0n) is 21.3. The third kappa shape index (κ3) is 4.92. The number of aromatic nitrogens is 2. The van der Waals surface area contributed by atoms with Gasteiger partial charge in [0.1, 0.15) is 17.3 Å². The van der Waals surface area contributed by atoms with Crippen molar-refractivity contribution >= 4 is 23.0 Å². The smallest absolute Gasteiger partial charge is 0.254 e. The SMILES string of the molecule is C=C(/C(CN(C)C)=N\C(=C/C)Nc1ccc(-c2cnc3cc(F)ccn23)c2c1C(=O)NC2)[C@H]1CCOC1. The van der Waals surface area contributed by atoms with Crippen LogP contribution in [0.1, 0.15) is 29.3 Å². The molecule has 0 saturated carbocycles. The molecular formula is C28H31FN6O2. The number of allylic oxidation sites excluding steroid dienone is 1. The second kappa shape index (κ2) is 10.3. The number of rotatable bonds is 8. The summed E-state index contributed by atoms with van der Waals surface area (Å²) in [5.41, 5.74) is 6.14. The fourth-order valence-electron chi connectivity index (χ4n) is 4.85. The van der Waals surface area contributed by atoms with E-state index >= 15 is 0 Å². The van der Waals surface area contributed by atoms with Gasteiger partial charge in [-0.05, 0) is 56.8 Å². The van der Waals surface area contributed by atoms with Crippen LogP contribution >= 0.6 is 0 Å². The third-order valence-electron chi connectivity index (χ3n) is 6.77. The van der Waals surface area contributed by atoms with Gasteiger partial charge in [0.25, 0.3) is 5.91 Å². The lowest BCUT2D eigenvalue weighted by Crippen LogP contribution is -2.26. The molecule has 1 amide bonds. The summed E-state index contributed by atoms with van der Waals surface area (Å²) in [7, 11) is 4.00. The highest BCUT2D eigenvalue weighted by Gasteiger charge is 2.28. The van der Waals surface area contributed by atoms with E-state index in [0.29, 0.717) is 42.4 Å². The van der Waals surface area contributed by atoms with Crippen molar-refractivity contribution in [3.05, 3.63) is 77.7 Å². The molecule has 2 aliphatic heterocycles. The first-order valence-electron chi connectivity index (χ1n) is 12.3. The normalized spacial score (nSPS) is 18.0. The Kier molecular flexibility index (Phi) is 6.90. The van der Waals surface area contributed by atoms with Gasteiger partial charge in [-0.1, -0.05) is 12.6 Å². The summed E-state index contributed by atoms with van der Waals surface area (Å²) in [6.45, 7) is 8.68. The number of hydrogen-bond donors (Lipinski definition) is 2. The molecule has 1 fully saturated rings. The van der Waals surface area contributed by atoms with Crippen molar-refractivity contribution in [1.29, 1.82) is 0 Å². The maximum atomic E-state index is 13.7. The van der Waals surface area contributed by atoms with Gasteiger partial charge in [-0.25, -0.2) is 14.4 Å². The topological polar surface area (TPSA) is 83.3 Å². The number of amides is 1. The zero-order chi connectivity index (χ0) is 26.1. The van der Waals surface area contributed by atoms with Crippen molar-refractivity contribution in [2.75, 3.05) is 39.2 Å². The number of hydrogen-bond acceptors (Lipinski definition) is 6. The van der Waals surface area contributed by atoms with Crippen molar-refractivity contribution in [2.45, 2.75) is 19.9 Å². The van der Waals surface area contributed by atoms with E-state index < -0.39 is 0 Å². The maximum Gasteiger partial charge on any atom is 0.254 e. The number of anilines is 1. The predicted octanol–water partition coefficient (Wildman–Crippen LogP) is 4.25. The number of halogens is 1. The minimum absolute atomic E-state index is 0.153. The van der Waals surface area contributed by atoms with Crippen LogP contribution in [0.15, 0.2) is 65.7 Å². The lowest BCUT2D eigenvalue weighted by molar-refractivity contribution is 0.0966. The number of imidazole rings is 1. The number of nitrogens with zero attached hydrogens (tertiary/aromatic N) is 4. The Morgan fingerprint density at radius 2 is 2.24 bits per heavy atom. The molecule has 0 radical (unpaired) electrons. The molecule has 0 unspecified atom stereocenters. The number of pyridine rings is 1. The molecule has 1 atom stereocenters. The molecule has 1 saturated heterocycles. The van der Waals surface area contributed by atoms with Crippen LogP contribution in [0.3, 0.4) is 0 Å². The van der Waals surface area contributed by atoms with E-state index in [0.717, 1.165) is 41.1 Å². The summed E-state index contributed by atoms with van der Waals surface area (Å²) in [6, 6.07) is 6.62. The average molecular weight is 503 g/mol. The molecule has 192 valence electrons. The summed E-state index contributed by atoms with van der Waals surface area (Å²) < 4.78 is 21.1. The maximum absolute atomic E-state index is 13.7. The first-order chi connectivity index (χ1) is 17.9. The third-order valence-corrected chi connectivity index (χ3v) is 6.77. The molecule has 0 aliphatic carbocycles. The fourth-order valence-corrected chi connectivity index (χ4v) is 4.85. The first-order valence-corrected chi connectivity index (χ1v) is 12.3. The molecule has 9 heteroatoms. The molecule has 1 aromatic carbocycles. The molecule has 2 N–H and O–H groups in total. The largest absolute Gasteiger partial charge is 0.381 e. The highest BCUT2D eigenvalue weighted by atomic mass is 19.1. The van der Waals surface area contributed by atoms with Crippen molar-refractivity contribution in [3.8, 4) is 11.3 Å². The second-order valence-electron chi connectivity index (χ2n) is 9.59. The van der Waals surface area contributed by atoms with Gasteiger partial charge < -0.3 is 20.3 Å². The van der Waals surface area contributed by atoms with Gasteiger partial charge in [0, 0.05) is 43.4 Å². The lowest BCUT2D eigenvalue weighted by atomic mass is 9.95. The van der Waals surface area contributed by atoms with Gasteiger partial charge in [0.15, 0.2) is 0 Å². The number of benzene rings is 1. The van der Waals surface area contributed by atoms with E-state index in [2.05, 4.69) is 27.1 Å². The van der Waals surface area contributed by atoms with Crippen LogP contribution in [0.2, 0.25) is 0 Å². The predicted molar refractivity (Wildman–Crippen MR) is 143 cm³/mol. The van der Waals surface area contributed by atoms with E-state index in [1.54, 1.807) is 12.4 Å². The van der Waals surface area contributed by atoms with E-state index in [1.165, 1.54) is 12.1 Å². The van der Waals surface area contributed by atoms with Gasteiger partial charge >= 0.3 is 0 Å². The standard InChI is InChI=1S/C28H31FN6O2/c1-5-25(33-23(15-34(3)4)17(2)18-9-11-37-16-18)32-22-7-6-20(21-13-31-28(36)27(21)22)24-14-30-26-12-19(29)8-10-35(24)26/h5-8,10,12,14,18,32H,2,9,11,13,15-16H2,1,3-4H3,(H,31,36)/b25-5-,33-23-/t18-/m0/s1. The molecule has 2 aromatic heterocycles. The number of carbonyl (C=O) groups is 1. The molecule has 3 aromatic rings. The summed E-state index contributed by atoms with van der Waals surface area (Å²) in [5.74, 6) is 0.393. The lowest BCUT2D eigenvalue weighted by Gasteiger charge is -2.20. The number of carbonyl (C=O) groups excluding carboxylic acids is 1. The number of ether oxygens (including phenoxy) is 1. The zero-order valence-corrected chi connectivity index (χ0v) is 21.3. The van der Waals surface area contributed by atoms with E-state index in [1.807, 2.05) is 43.6 Å². The summed E-state index contributed by atoms with van der Waals surface area (Å²) in [4.78, 5) is 24.3. The molecule has 37 heavy (non-hydrogen) atoms. The molecule has 4 heterocycles. The van der Waals surface area contributed by atoms with E-state index in [9.17, 15) is 9.18 Å². The first kappa shape index (κ1) is 24.9. The fraction of sp³-hybridized carbons (Fsp3) is 0.321. The van der Waals surface area contributed by atoms with Crippen LogP contribution in [0.5, 0.6) is 0 Å².